The molecular weight excluding hydrogens is 222 g/mol. The molecule has 0 fully saturated rings. The molecule has 0 aliphatic heterocycles. The molecule has 0 amide bonds. The van der Waals surface area contributed by atoms with E-state index in [1.54, 1.807) is 4.68 Å². The molecule has 0 aliphatic rings. The van der Waals surface area contributed by atoms with Gasteiger partial charge in [-0.3, -0.25) is 4.68 Å². The lowest BCUT2D eigenvalue weighted by Gasteiger charge is -2.23. The van der Waals surface area contributed by atoms with Crippen LogP contribution in [-0.4, -0.2) is 16.3 Å². The minimum atomic E-state index is -0.0344. The number of nitrogens with zero attached hydrogens (tertiary/aromatic N) is 2. The lowest BCUT2D eigenvalue weighted by atomic mass is 9.84. The van der Waals surface area contributed by atoms with Crippen molar-refractivity contribution in [2.24, 2.45) is 12.8 Å². The highest BCUT2D eigenvalue weighted by Gasteiger charge is 2.19. The maximum Gasteiger partial charge on any atom is 0.158 e. The largest absolute Gasteiger partial charge is 0.330 e. The van der Waals surface area contributed by atoms with E-state index in [0.29, 0.717) is 11.7 Å². The molecule has 0 radical (unpaired) electrons. The van der Waals surface area contributed by atoms with E-state index >= 15 is 0 Å². The molecular formula is C12H16ClN3. The second-order valence-electron chi connectivity index (χ2n) is 4.73. The number of fused-ring (bicyclic) bond motifs is 1. The Kier molecular flexibility index (Phi) is 2.68. The van der Waals surface area contributed by atoms with Crippen molar-refractivity contribution in [3.63, 3.8) is 0 Å². The highest BCUT2D eigenvalue weighted by Crippen LogP contribution is 2.29. The van der Waals surface area contributed by atoms with E-state index in [9.17, 15) is 0 Å². The number of nitrogens with two attached hydrogens (primary N) is 1. The third kappa shape index (κ3) is 1.70. The molecule has 16 heavy (non-hydrogen) atoms. The quantitative estimate of drug-likeness (QED) is 0.872. The summed E-state index contributed by atoms with van der Waals surface area (Å²) in [5, 5.41) is 5.73. The third-order valence-electron chi connectivity index (χ3n) is 3.10. The van der Waals surface area contributed by atoms with E-state index in [2.05, 4.69) is 31.1 Å². The Morgan fingerprint density at radius 1 is 1.44 bits per heavy atom. The molecule has 2 rings (SSSR count). The Balaban J connectivity index is 2.64. The van der Waals surface area contributed by atoms with Crippen LogP contribution in [0, 0.1) is 0 Å². The zero-order valence-corrected chi connectivity index (χ0v) is 10.5. The van der Waals surface area contributed by atoms with Gasteiger partial charge in [0.1, 0.15) is 0 Å². The molecule has 0 aliphatic carbocycles. The Bertz CT molecular complexity index is 528. The maximum absolute atomic E-state index is 6.08. The summed E-state index contributed by atoms with van der Waals surface area (Å²) in [6.07, 6.45) is 0. The first-order chi connectivity index (χ1) is 7.45. The Labute approximate surface area is 100 Å². The first-order valence-corrected chi connectivity index (χ1v) is 5.66. The normalized spacial score (nSPS) is 12.3. The van der Waals surface area contributed by atoms with Crippen LogP contribution in [0.15, 0.2) is 18.2 Å². The standard InChI is InChI=1S/C12H16ClN3/c1-12(2,7-14)8-4-5-10-9(6-8)11(13)15-16(10)3/h4-6H,7,14H2,1-3H3. The van der Waals surface area contributed by atoms with Crippen LogP contribution in [0.1, 0.15) is 19.4 Å². The van der Waals surface area contributed by atoms with Gasteiger partial charge in [0.2, 0.25) is 0 Å². The van der Waals surface area contributed by atoms with E-state index in [1.165, 1.54) is 5.56 Å². The topological polar surface area (TPSA) is 43.8 Å². The summed E-state index contributed by atoms with van der Waals surface area (Å²) in [6.45, 7) is 4.85. The van der Waals surface area contributed by atoms with Gasteiger partial charge in [-0.25, -0.2) is 0 Å². The van der Waals surface area contributed by atoms with E-state index < -0.39 is 0 Å². The monoisotopic (exact) mass is 237 g/mol. The van der Waals surface area contributed by atoms with Gasteiger partial charge in [0.05, 0.1) is 5.52 Å². The van der Waals surface area contributed by atoms with Crippen LogP contribution in [0.25, 0.3) is 10.9 Å². The minimum absolute atomic E-state index is 0.0344. The summed E-state index contributed by atoms with van der Waals surface area (Å²) >= 11 is 6.08. The van der Waals surface area contributed by atoms with Crippen LogP contribution in [0.5, 0.6) is 0 Å². The van der Waals surface area contributed by atoms with Crippen molar-refractivity contribution in [3.8, 4) is 0 Å². The van der Waals surface area contributed by atoms with E-state index in [4.69, 9.17) is 17.3 Å². The fourth-order valence-electron chi connectivity index (χ4n) is 1.76. The summed E-state index contributed by atoms with van der Waals surface area (Å²) in [4.78, 5) is 0. The van der Waals surface area contributed by atoms with Gasteiger partial charge in [0.15, 0.2) is 5.15 Å². The molecule has 2 N–H and O–H groups in total. The van der Waals surface area contributed by atoms with Crippen LogP contribution < -0.4 is 5.73 Å². The second-order valence-corrected chi connectivity index (χ2v) is 5.09. The van der Waals surface area contributed by atoms with Gasteiger partial charge in [-0.05, 0) is 17.7 Å². The molecule has 1 heterocycles. The molecule has 0 atom stereocenters. The zero-order chi connectivity index (χ0) is 11.9. The SMILES string of the molecule is Cn1nc(Cl)c2cc(C(C)(C)CN)ccc21. The smallest absolute Gasteiger partial charge is 0.158 e. The van der Waals surface area contributed by atoms with Gasteiger partial charge in [0.25, 0.3) is 0 Å². The number of aromatic nitrogens is 2. The maximum atomic E-state index is 6.08. The number of benzene rings is 1. The van der Waals surface area contributed by atoms with Crippen molar-refractivity contribution >= 4 is 22.5 Å². The van der Waals surface area contributed by atoms with Crippen LogP contribution in [0.3, 0.4) is 0 Å². The van der Waals surface area contributed by atoms with E-state index in [1.807, 2.05) is 13.1 Å². The lowest BCUT2D eigenvalue weighted by molar-refractivity contribution is 0.540. The highest BCUT2D eigenvalue weighted by atomic mass is 35.5. The second kappa shape index (κ2) is 3.75. The van der Waals surface area contributed by atoms with Crippen molar-refractivity contribution in [2.75, 3.05) is 6.54 Å². The van der Waals surface area contributed by atoms with Crippen LogP contribution in [-0.2, 0) is 12.5 Å². The molecule has 0 spiro atoms. The number of hydrogen-bond donors (Lipinski definition) is 1. The molecule has 3 nitrogen and oxygen atoms in total. The van der Waals surface area contributed by atoms with Crippen molar-refractivity contribution < 1.29 is 0 Å². The predicted molar refractivity (Wildman–Crippen MR) is 67.8 cm³/mol. The first-order valence-electron chi connectivity index (χ1n) is 5.28. The highest BCUT2D eigenvalue weighted by molar-refractivity contribution is 6.34. The van der Waals surface area contributed by atoms with Crippen LogP contribution in [0.4, 0.5) is 0 Å². The van der Waals surface area contributed by atoms with Gasteiger partial charge in [0, 0.05) is 24.4 Å². The predicted octanol–water partition coefficient (Wildman–Crippen LogP) is 2.46. The molecule has 0 unspecified atom stereocenters. The number of halogens is 1. The van der Waals surface area contributed by atoms with Gasteiger partial charge >= 0.3 is 0 Å². The first kappa shape index (κ1) is 11.4. The molecule has 1 aromatic heterocycles. The van der Waals surface area contributed by atoms with Gasteiger partial charge < -0.3 is 5.73 Å². The van der Waals surface area contributed by atoms with Gasteiger partial charge in [-0.2, -0.15) is 5.10 Å². The molecule has 0 saturated heterocycles. The summed E-state index contributed by atoms with van der Waals surface area (Å²) in [7, 11) is 1.89. The van der Waals surface area contributed by atoms with Crippen molar-refractivity contribution in [3.05, 3.63) is 28.9 Å². The Morgan fingerprint density at radius 2 is 2.12 bits per heavy atom. The van der Waals surface area contributed by atoms with E-state index in [0.717, 1.165) is 10.9 Å². The minimum Gasteiger partial charge on any atom is -0.330 e. The van der Waals surface area contributed by atoms with Gasteiger partial charge in [-0.15, -0.1) is 0 Å². The van der Waals surface area contributed by atoms with E-state index in [-0.39, 0.29) is 5.41 Å². The summed E-state index contributed by atoms with van der Waals surface area (Å²) in [5.74, 6) is 0. The fraction of sp³-hybridized carbons (Fsp3) is 0.417. The van der Waals surface area contributed by atoms with Crippen LogP contribution in [0.2, 0.25) is 5.15 Å². The Hall–Kier alpha value is -1.06. The number of hydrogen-bond acceptors (Lipinski definition) is 2. The molecule has 1 aromatic carbocycles. The lowest BCUT2D eigenvalue weighted by Crippen LogP contribution is -2.27. The third-order valence-corrected chi connectivity index (χ3v) is 3.38. The molecule has 4 heteroatoms. The Morgan fingerprint density at radius 3 is 2.75 bits per heavy atom. The molecule has 0 bridgehead atoms. The fourth-order valence-corrected chi connectivity index (χ4v) is 2.03. The number of rotatable bonds is 2. The average Bonchev–Trinajstić information content (AvgIpc) is 2.54. The van der Waals surface area contributed by atoms with Crippen LogP contribution >= 0.6 is 11.6 Å². The number of aryl methyl sites for hydroxylation is 1. The summed E-state index contributed by atoms with van der Waals surface area (Å²) < 4.78 is 1.79. The van der Waals surface area contributed by atoms with Crippen molar-refractivity contribution in [2.45, 2.75) is 19.3 Å². The molecule has 2 aromatic rings. The molecule has 0 saturated carbocycles. The zero-order valence-electron chi connectivity index (χ0n) is 9.79. The summed E-state index contributed by atoms with van der Waals surface area (Å²) in [5.41, 5.74) is 7.97. The average molecular weight is 238 g/mol. The van der Waals surface area contributed by atoms with Crippen molar-refractivity contribution in [1.82, 2.24) is 9.78 Å². The van der Waals surface area contributed by atoms with Gasteiger partial charge in [-0.1, -0.05) is 31.5 Å². The summed E-state index contributed by atoms with van der Waals surface area (Å²) in [6, 6.07) is 6.21. The van der Waals surface area contributed by atoms with Crippen molar-refractivity contribution in [1.29, 1.82) is 0 Å². The molecule has 86 valence electrons.